The Hall–Kier alpha value is -1.59. The summed E-state index contributed by atoms with van der Waals surface area (Å²) in [6.45, 7) is 4.88. The number of para-hydroxylation sites is 1. The number of unbranched alkanes of at least 4 members (excludes halogenated alkanes) is 1. The van der Waals surface area contributed by atoms with E-state index in [4.69, 9.17) is 10.6 Å². The molecule has 4 nitrogen and oxygen atoms in total. The van der Waals surface area contributed by atoms with Gasteiger partial charge in [-0.1, -0.05) is 36.8 Å². The van der Waals surface area contributed by atoms with Gasteiger partial charge in [0.15, 0.2) is 5.13 Å². The third-order valence-electron chi connectivity index (χ3n) is 2.81. The number of nitrogens with two attached hydrogens (primary N) is 1. The van der Waals surface area contributed by atoms with Crippen LogP contribution < -0.4 is 16.0 Å². The molecule has 3 N–H and O–H groups in total. The lowest BCUT2D eigenvalue weighted by Crippen LogP contribution is -2.05. The van der Waals surface area contributed by atoms with Crippen LogP contribution in [0.5, 0.6) is 5.75 Å². The highest BCUT2D eigenvalue weighted by Crippen LogP contribution is 2.37. The number of hydrogen-bond donors (Lipinski definition) is 2. The number of benzene rings is 1. The maximum Gasteiger partial charge on any atom is 0.197 e. The molecular formula is C14H19N3OS. The fourth-order valence-electron chi connectivity index (χ4n) is 1.81. The Morgan fingerprint density at radius 1 is 1.37 bits per heavy atom. The maximum atomic E-state index is 5.86. The molecule has 0 aliphatic carbocycles. The fourth-order valence-corrected chi connectivity index (χ4v) is 2.72. The minimum Gasteiger partial charge on any atom is -0.493 e. The molecule has 0 aliphatic rings. The van der Waals surface area contributed by atoms with Crippen LogP contribution in [-0.4, -0.2) is 11.6 Å². The maximum absolute atomic E-state index is 5.86. The highest BCUT2D eigenvalue weighted by atomic mass is 32.1. The Morgan fingerprint density at radius 2 is 2.16 bits per heavy atom. The quantitative estimate of drug-likeness (QED) is 0.481. The van der Waals surface area contributed by atoms with Crippen LogP contribution in [0.2, 0.25) is 0 Å². The number of aromatic nitrogens is 1. The molecule has 0 bridgehead atoms. The van der Waals surface area contributed by atoms with Gasteiger partial charge in [0, 0.05) is 5.56 Å². The average molecular weight is 277 g/mol. The molecule has 5 heteroatoms. The van der Waals surface area contributed by atoms with Crippen molar-refractivity contribution in [3.05, 3.63) is 30.0 Å². The largest absolute Gasteiger partial charge is 0.493 e. The van der Waals surface area contributed by atoms with Gasteiger partial charge < -0.3 is 4.74 Å². The van der Waals surface area contributed by atoms with Crippen molar-refractivity contribution in [3.8, 4) is 16.2 Å². The summed E-state index contributed by atoms with van der Waals surface area (Å²) in [5.74, 6) is 6.32. The first-order valence-corrected chi connectivity index (χ1v) is 7.24. The van der Waals surface area contributed by atoms with E-state index in [9.17, 15) is 0 Å². The van der Waals surface area contributed by atoms with Crippen LogP contribution in [-0.2, 0) is 0 Å². The average Bonchev–Trinajstić information content (AvgIpc) is 2.81. The second-order valence-electron chi connectivity index (χ2n) is 4.28. The number of hydrazine groups is 1. The van der Waals surface area contributed by atoms with E-state index in [1.807, 2.05) is 25.1 Å². The summed E-state index contributed by atoms with van der Waals surface area (Å²) in [6.07, 6.45) is 2.19. The van der Waals surface area contributed by atoms with Crippen molar-refractivity contribution in [1.82, 2.24) is 4.98 Å². The molecule has 0 fully saturated rings. The Morgan fingerprint density at radius 3 is 2.84 bits per heavy atom. The van der Waals surface area contributed by atoms with E-state index in [0.717, 1.165) is 46.5 Å². The number of anilines is 1. The van der Waals surface area contributed by atoms with Crippen LogP contribution in [0.1, 0.15) is 25.5 Å². The third-order valence-corrected chi connectivity index (χ3v) is 3.93. The summed E-state index contributed by atoms with van der Waals surface area (Å²) in [5.41, 5.74) is 4.64. The van der Waals surface area contributed by atoms with E-state index in [1.165, 1.54) is 11.3 Å². The van der Waals surface area contributed by atoms with Gasteiger partial charge in [0.2, 0.25) is 0 Å². The fraction of sp³-hybridized carbons (Fsp3) is 0.357. The van der Waals surface area contributed by atoms with Crippen LogP contribution in [0.4, 0.5) is 5.13 Å². The second kappa shape index (κ2) is 6.54. The number of rotatable bonds is 6. The smallest absolute Gasteiger partial charge is 0.197 e. The van der Waals surface area contributed by atoms with Gasteiger partial charge in [0.1, 0.15) is 5.75 Å². The number of nitrogen functional groups attached to an aromatic ring is 1. The molecule has 2 aromatic rings. The highest BCUT2D eigenvalue weighted by molar-refractivity contribution is 7.19. The van der Waals surface area contributed by atoms with Crippen molar-refractivity contribution in [2.24, 2.45) is 5.84 Å². The van der Waals surface area contributed by atoms with Gasteiger partial charge in [0.25, 0.3) is 0 Å². The molecule has 0 saturated heterocycles. The van der Waals surface area contributed by atoms with Crippen molar-refractivity contribution in [3.63, 3.8) is 0 Å². The molecule has 0 unspecified atom stereocenters. The number of nitrogens with zero attached hydrogens (tertiary/aromatic N) is 1. The number of ether oxygens (including phenoxy) is 1. The molecule has 0 saturated carbocycles. The van der Waals surface area contributed by atoms with Crippen LogP contribution in [0.15, 0.2) is 24.3 Å². The van der Waals surface area contributed by atoms with E-state index in [2.05, 4.69) is 23.4 Å². The molecule has 0 amide bonds. The normalized spacial score (nSPS) is 10.5. The molecule has 0 radical (unpaired) electrons. The van der Waals surface area contributed by atoms with Gasteiger partial charge in [-0.05, 0) is 25.5 Å². The van der Waals surface area contributed by atoms with E-state index in [-0.39, 0.29) is 0 Å². The lowest BCUT2D eigenvalue weighted by molar-refractivity contribution is 0.310. The zero-order valence-electron chi connectivity index (χ0n) is 11.3. The minimum absolute atomic E-state index is 0.718. The van der Waals surface area contributed by atoms with Gasteiger partial charge in [-0.15, -0.1) is 0 Å². The number of nitrogens with one attached hydrogen (secondary N) is 1. The highest BCUT2D eigenvalue weighted by Gasteiger charge is 2.13. The van der Waals surface area contributed by atoms with E-state index >= 15 is 0 Å². The molecular weight excluding hydrogens is 258 g/mol. The molecule has 19 heavy (non-hydrogen) atoms. The van der Waals surface area contributed by atoms with Crippen molar-refractivity contribution in [1.29, 1.82) is 0 Å². The van der Waals surface area contributed by atoms with Gasteiger partial charge in [0.05, 0.1) is 17.2 Å². The van der Waals surface area contributed by atoms with Crippen molar-refractivity contribution in [2.75, 3.05) is 12.0 Å². The zero-order chi connectivity index (χ0) is 13.7. The molecule has 1 aromatic heterocycles. The summed E-state index contributed by atoms with van der Waals surface area (Å²) in [4.78, 5) is 5.47. The summed E-state index contributed by atoms with van der Waals surface area (Å²) in [6, 6.07) is 8.06. The predicted octanol–water partition coefficient (Wildman–Crippen LogP) is 3.58. The molecule has 0 aliphatic heterocycles. The number of thiazole rings is 1. The SMILES string of the molecule is CCCCOc1ccccc1-c1sc(NN)nc1C. The lowest BCUT2D eigenvalue weighted by atomic mass is 10.1. The van der Waals surface area contributed by atoms with E-state index in [1.54, 1.807) is 0 Å². The Balaban J connectivity index is 2.30. The summed E-state index contributed by atoms with van der Waals surface area (Å²) >= 11 is 1.54. The number of hydrogen-bond acceptors (Lipinski definition) is 5. The van der Waals surface area contributed by atoms with E-state index in [0.29, 0.717) is 0 Å². The summed E-state index contributed by atoms with van der Waals surface area (Å²) in [5, 5.41) is 0.718. The molecule has 0 atom stereocenters. The zero-order valence-corrected chi connectivity index (χ0v) is 12.1. The lowest BCUT2D eigenvalue weighted by Gasteiger charge is -2.10. The first kappa shape index (κ1) is 13.8. The summed E-state index contributed by atoms with van der Waals surface area (Å²) in [7, 11) is 0. The molecule has 1 heterocycles. The molecule has 2 rings (SSSR count). The first-order chi connectivity index (χ1) is 9.26. The minimum atomic E-state index is 0.718. The molecule has 1 aromatic carbocycles. The Kier molecular flexibility index (Phi) is 4.76. The van der Waals surface area contributed by atoms with Crippen LogP contribution in [0.25, 0.3) is 10.4 Å². The van der Waals surface area contributed by atoms with Crippen molar-refractivity contribution in [2.45, 2.75) is 26.7 Å². The third kappa shape index (κ3) is 3.24. The summed E-state index contributed by atoms with van der Waals surface area (Å²) < 4.78 is 5.86. The standard InChI is InChI=1S/C14H19N3OS/c1-3-4-9-18-12-8-6-5-7-11(12)13-10(2)16-14(17-15)19-13/h5-8H,3-4,9,15H2,1-2H3,(H,16,17). The van der Waals surface area contributed by atoms with Crippen molar-refractivity contribution < 1.29 is 4.74 Å². The van der Waals surface area contributed by atoms with Crippen molar-refractivity contribution >= 4 is 16.5 Å². The Bertz CT molecular complexity index is 539. The second-order valence-corrected chi connectivity index (χ2v) is 5.28. The predicted molar refractivity (Wildman–Crippen MR) is 80.5 cm³/mol. The molecule has 102 valence electrons. The monoisotopic (exact) mass is 277 g/mol. The van der Waals surface area contributed by atoms with Gasteiger partial charge in [-0.2, -0.15) is 0 Å². The van der Waals surface area contributed by atoms with Gasteiger partial charge in [-0.25, -0.2) is 10.8 Å². The van der Waals surface area contributed by atoms with Crippen LogP contribution in [0.3, 0.4) is 0 Å². The van der Waals surface area contributed by atoms with Gasteiger partial charge >= 0.3 is 0 Å². The van der Waals surface area contributed by atoms with E-state index < -0.39 is 0 Å². The molecule has 0 spiro atoms. The van der Waals surface area contributed by atoms with Crippen LogP contribution >= 0.6 is 11.3 Å². The van der Waals surface area contributed by atoms with Gasteiger partial charge in [-0.3, -0.25) is 5.43 Å². The Labute approximate surface area is 117 Å². The van der Waals surface area contributed by atoms with Crippen LogP contribution in [0, 0.1) is 6.92 Å². The topological polar surface area (TPSA) is 60.2 Å². The number of aryl methyl sites for hydroxylation is 1. The first-order valence-electron chi connectivity index (χ1n) is 6.42.